The fourth-order valence-corrected chi connectivity index (χ4v) is 2.53. The van der Waals surface area contributed by atoms with Gasteiger partial charge in [-0.15, -0.1) is 0 Å². The predicted molar refractivity (Wildman–Crippen MR) is 78.3 cm³/mol. The van der Waals surface area contributed by atoms with Crippen molar-refractivity contribution in [1.82, 2.24) is 14.5 Å². The molecule has 0 radical (unpaired) electrons. The molecular formula is C12H14BrN3OS. The lowest BCUT2D eigenvalue weighted by Gasteiger charge is -2.16. The molecule has 0 aliphatic rings. The molecule has 1 unspecified atom stereocenters. The van der Waals surface area contributed by atoms with Crippen LogP contribution in [-0.2, 0) is 0 Å². The maximum absolute atomic E-state index is 12.2. The third-order valence-electron chi connectivity index (χ3n) is 2.92. The fourth-order valence-electron chi connectivity index (χ4n) is 1.76. The normalized spacial score (nSPS) is 12.9. The molecule has 0 aliphatic carbocycles. The second kappa shape index (κ2) is 5.40. The highest BCUT2D eigenvalue weighted by atomic mass is 79.9. The fraction of sp³-hybridized carbons (Fsp3) is 0.417. The summed E-state index contributed by atoms with van der Waals surface area (Å²) in [6, 6.07) is 1.89. The van der Waals surface area contributed by atoms with Gasteiger partial charge in [0, 0.05) is 17.6 Å². The van der Waals surface area contributed by atoms with E-state index in [0.717, 1.165) is 11.8 Å². The monoisotopic (exact) mass is 327 g/mol. The molecule has 0 saturated heterocycles. The van der Waals surface area contributed by atoms with E-state index in [1.807, 2.05) is 13.2 Å². The van der Waals surface area contributed by atoms with Gasteiger partial charge in [-0.3, -0.25) is 9.36 Å². The number of hydrogen-bond donors (Lipinski definition) is 0. The molecule has 0 aromatic carbocycles. The van der Waals surface area contributed by atoms with Crippen LogP contribution in [0.1, 0.15) is 26.3 Å². The Morgan fingerprint density at radius 1 is 1.56 bits per heavy atom. The van der Waals surface area contributed by atoms with E-state index in [0.29, 0.717) is 15.3 Å². The number of pyridine rings is 1. The molecular weight excluding hydrogens is 314 g/mol. The van der Waals surface area contributed by atoms with Gasteiger partial charge in [0.1, 0.15) is 5.65 Å². The van der Waals surface area contributed by atoms with E-state index >= 15 is 0 Å². The molecule has 18 heavy (non-hydrogen) atoms. The molecule has 4 nitrogen and oxygen atoms in total. The number of halogens is 1. The SMILES string of the molecule is CCC(C)n1c(=O)c(Br)cc2cnc(SC)nc21. The van der Waals surface area contributed by atoms with Crippen molar-refractivity contribution >= 4 is 38.7 Å². The Morgan fingerprint density at radius 2 is 2.28 bits per heavy atom. The summed E-state index contributed by atoms with van der Waals surface area (Å²) in [6.45, 7) is 4.08. The Balaban J connectivity index is 2.85. The lowest BCUT2D eigenvalue weighted by atomic mass is 10.2. The number of nitrogens with zero attached hydrogens (tertiary/aromatic N) is 3. The summed E-state index contributed by atoms with van der Waals surface area (Å²) in [7, 11) is 0. The minimum atomic E-state index is -0.0393. The van der Waals surface area contributed by atoms with Gasteiger partial charge in [-0.05, 0) is 41.6 Å². The molecule has 1 atom stereocenters. The standard InChI is InChI=1S/C12H14BrN3OS/c1-4-7(2)16-10-8(5-9(13)11(16)17)6-14-12(15-10)18-3/h5-7H,4H2,1-3H3. The summed E-state index contributed by atoms with van der Waals surface area (Å²) in [5.41, 5.74) is 0.666. The van der Waals surface area contributed by atoms with Crippen LogP contribution in [-0.4, -0.2) is 20.8 Å². The summed E-state index contributed by atoms with van der Waals surface area (Å²) in [4.78, 5) is 20.9. The Kier molecular flexibility index (Phi) is 4.07. The Hall–Kier alpha value is -0.880. The summed E-state index contributed by atoms with van der Waals surface area (Å²) in [5.74, 6) is 0. The van der Waals surface area contributed by atoms with Crippen LogP contribution in [0, 0.1) is 0 Å². The molecule has 2 aromatic rings. The van der Waals surface area contributed by atoms with Crippen LogP contribution in [0.2, 0.25) is 0 Å². The van der Waals surface area contributed by atoms with Crippen LogP contribution >= 0.6 is 27.7 Å². The van der Waals surface area contributed by atoms with Gasteiger partial charge in [0.15, 0.2) is 5.16 Å². The molecule has 2 heterocycles. The first-order valence-electron chi connectivity index (χ1n) is 5.70. The molecule has 0 aliphatic heterocycles. The van der Waals surface area contributed by atoms with Crippen LogP contribution in [0.3, 0.4) is 0 Å². The molecule has 2 rings (SSSR count). The molecule has 6 heteroatoms. The van der Waals surface area contributed by atoms with Crippen molar-refractivity contribution in [1.29, 1.82) is 0 Å². The van der Waals surface area contributed by atoms with E-state index in [-0.39, 0.29) is 11.6 Å². The van der Waals surface area contributed by atoms with Gasteiger partial charge >= 0.3 is 0 Å². The van der Waals surface area contributed by atoms with Crippen LogP contribution in [0.15, 0.2) is 26.7 Å². The molecule has 0 fully saturated rings. The molecule has 96 valence electrons. The van der Waals surface area contributed by atoms with Crippen LogP contribution in [0.25, 0.3) is 11.0 Å². The summed E-state index contributed by atoms with van der Waals surface area (Å²) in [5, 5.41) is 1.56. The highest BCUT2D eigenvalue weighted by Gasteiger charge is 2.14. The number of rotatable bonds is 3. The van der Waals surface area contributed by atoms with E-state index in [2.05, 4.69) is 32.8 Å². The van der Waals surface area contributed by atoms with E-state index in [9.17, 15) is 4.79 Å². The lowest BCUT2D eigenvalue weighted by Crippen LogP contribution is -2.24. The van der Waals surface area contributed by atoms with Gasteiger partial charge in [0.2, 0.25) is 0 Å². The first-order chi connectivity index (χ1) is 8.58. The first kappa shape index (κ1) is 13.5. The maximum Gasteiger partial charge on any atom is 0.266 e. The Bertz CT molecular complexity index is 641. The number of hydrogen-bond acceptors (Lipinski definition) is 4. The van der Waals surface area contributed by atoms with Gasteiger partial charge in [0.25, 0.3) is 5.56 Å². The van der Waals surface area contributed by atoms with Crippen molar-refractivity contribution in [3.8, 4) is 0 Å². The van der Waals surface area contributed by atoms with Crippen molar-refractivity contribution in [3.63, 3.8) is 0 Å². The third kappa shape index (κ3) is 2.31. The lowest BCUT2D eigenvalue weighted by molar-refractivity contribution is 0.525. The Morgan fingerprint density at radius 3 is 2.89 bits per heavy atom. The second-order valence-electron chi connectivity index (χ2n) is 4.06. The number of aromatic nitrogens is 3. The van der Waals surface area contributed by atoms with E-state index < -0.39 is 0 Å². The van der Waals surface area contributed by atoms with Crippen LogP contribution in [0.4, 0.5) is 0 Å². The minimum absolute atomic E-state index is 0.0393. The van der Waals surface area contributed by atoms with E-state index in [1.54, 1.807) is 16.8 Å². The first-order valence-corrected chi connectivity index (χ1v) is 7.72. The van der Waals surface area contributed by atoms with Crippen molar-refractivity contribution in [2.75, 3.05) is 6.26 Å². The van der Waals surface area contributed by atoms with Gasteiger partial charge in [0.05, 0.1) is 4.47 Å². The average molecular weight is 328 g/mol. The molecule has 0 saturated carbocycles. The topological polar surface area (TPSA) is 47.8 Å². The largest absolute Gasteiger partial charge is 0.289 e. The van der Waals surface area contributed by atoms with E-state index in [1.165, 1.54) is 11.8 Å². The summed E-state index contributed by atoms with van der Waals surface area (Å²) in [6.07, 6.45) is 4.56. The molecule has 0 bridgehead atoms. The minimum Gasteiger partial charge on any atom is -0.289 e. The van der Waals surface area contributed by atoms with Crippen molar-refractivity contribution in [2.24, 2.45) is 0 Å². The summed E-state index contributed by atoms with van der Waals surface area (Å²) < 4.78 is 2.29. The molecule has 0 amide bonds. The summed E-state index contributed by atoms with van der Waals surface area (Å²) >= 11 is 4.78. The highest BCUT2D eigenvalue weighted by molar-refractivity contribution is 9.10. The number of fused-ring (bicyclic) bond motifs is 1. The smallest absolute Gasteiger partial charge is 0.266 e. The third-order valence-corrected chi connectivity index (χ3v) is 4.05. The van der Waals surface area contributed by atoms with E-state index in [4.69, 9.17) is 0 Å². The van der Waals surface area contributed by atoms with Crippen LogP contribution in [0.5, 0.6) is 0 Å². The zero-order valence-electron chi connectivity index (χ0n) is 10.5. The predicted octanol–water partition coefficient (Wildman–Crippen LogP) is 3.25. The Labute approximate surface area is 118 Å². The van der Waals surface area contributed by atoms with Gasteiger partial charge in [-0.25, -0.2) is 9.97 Å². The van der Waals surface area contributed by atoms with Crippen LogP contribution < -0.4 is 5.56 Å². The second-order valence-corrected chi connectivity index (χ2v) is 5.69. The molecule has 0 N–H and O–H groups in total. The van der Waals surface area contributed by atoms with Gasteiger partial charge in [-0.2, -0.15) is 0 Å². The molecule has 2 aromatic heterocycles. The zero-order chi connectivity index (χ0) is 13.3. The average Bonchev–Trinajstić information content (AvgIpc) is 2.39. The van der Waals surface area contributed by atoms with Crippen molar-refractivity contribution in [2.45, 2.75) is 31.5 Å². The van der Waals surface area contributed by atoms with Crippen molar-refractivity contribution in [3.05, 3.63) is 27.1 Å². The highest BCUT2D eigenvalue weighted by Crippen LogP contribution is 2.21. The zero-order valence-corrected chi connectivity index (χ0v) is 12.9. The van der Waals surface area contributed by atoms with Gasteiger partial charge in [-0.1, -0.05) is 18.7 Å². The quantitative estimate of drug-likeness (QED) is 0.641. The number of thioether (sulfide) groups is 1. The van der Waals surface area contributed by atoms with Gasteiger partial charge < -0.3 is 0 Å². The molecule has 0 spiro atoms. The maximum atomic E-state index is 12.2. The van der Waals surface area contributed by atoms with Crippen molar-refractivity contribution < 1.29 is 0 Å².